The van der Waals surface area contributed by atoms with Gasteiger partial charge in [-0.15, -0.1) is 0 Å². The monoisotopic (exact) mass is 348 g/mol. The maximum Gasteiger partial charge on any atom is 0.226 e. The van der Waals surface area contributed by atoms with Crippen molar-refractivity contribution in [1.82, 2.24) is 4.90 Å². The highest BCUT2D eigenvalue weighted by molar-refractivity contribution is 5.91. The summed E-state index contributed by atoms with van der Waals surface area (Å²) in [5.74, 6) is 1.13. The van der Waals surface area contributed by atoms with Crippen molar-refractivity contribution in [2.24, 2.45) is 0 Å². The molecule has 1 atom stereocenters. The standard InChI is InChI=1S/C18H24N2O5/c1-13(21)20(12-15-3-2-8-23-15)7-6-18(22)19-14-4-5-16-17(11-14)25-10-9-24-16/h4-5,11,15H,2-3,6-10,12H2,1H3,(H,19,22). The minimum Gasteiger partial charge on any atom is -0.486 e. The average Bonchev–Trinajstić information content (AvgIpc) is 3.11. The van der Waals surface area contributed by atoms with Gasteiger partial charge in [-0.25, -0.2) is 0 Å². The van der Waals surface area contributed by atoms with E-state index < -0.39 is 0 Å². The van der Waals surface area contributed by atoms with Crippen molar-refractivity contribution in [2.75, 3.05) is 38.2 Å². The van der Waals surface area contributed by atoms with Gasteiger partial charge in [0.2, 0.25) is 11.8 Å². The lowest BCUT2D eigenvalue weighted by Gasteiger charge is -2.24. The van der Waals surface area contributed by atoms with Crippen LogP contribution in [0.4, 0.5) is 5.69 Å². The Balaban J connectivity index is 1.50. The summed E-state index contributed by atoms with van der Waals surface area (Å²) >= 11 is 0. The largest absolute Gasteiger partial charge is 0.486 e. The molecule has 1 fully saturated rings. The van der Waals surface area contributed by atoms with Gasteiger partial charge in [-0.05, 0) is 25.0 Å². The van der Waals surface area contributed by atoms with Crippen LogP contribution in [0.5, 0.6) is 11.5 Å². The molecule has 136 valence electrons. The molecule has 7 nitrogen and oxygen atoms in total. The molecule has 25 heavy (non-hydrogen) atoms. The number of nitrogens with one attached hydrogen (secondary N) is 1. The molecule has 1 aromatic carbocycles. The maximum atomic E-state index is 12.2. The molecule has 2 aliphatic rings. The first-order valence-corrected chi connectivity index (χ1v) is 8.68. The smallest absolute Gasteiger partial charge is 0.226 e. The third-order valence-electron chi connectivity index (χ3n) is 4.33. The molecule has 7 heteroatoms. The molecule has 1 saturated heterocycles. The van der Waals surface area contributed by atoms with Gasteiger partial charge in [0.05, 0.1) is 6.10 Å². The van der Waals surface area contributed by atoms with Gasteiger partial charge >= 0.3 is 0 Å². The molecule has 0 spiro atoms. The van der Waals surface area contributed by atoms with Gasteiger partial charge < -0.3 is 24.4 Å². The number of amides is 2. The van der Waals surface area contributed by atoms with Gasteiger partial charge in [0, 0.05) is 44.8 Å². The Labute approximate surface area is 147 Å². The second-order valence-corrected chi connectivity index (χ2v) is 6.26. The number of fused-ring (bicyclic) bond motifs is 1. The van der Waals surface area contributed by atoms with E-state index in [0.717, 1.165) is 19.4 Å². The van der Waals surface area contributed by atoms with E-state index in [1.54, 1.807) is 23.1 Å². The fourth-order valence-electron chi connectivity index (χ4n) is 2.99. The van der Waals surface area contributed by atoms with Crippen LogP contribution >= 0.6 is 0 Å². The van der Waals surface area contributed by atoms with Crippen LogP contribution in [0.1, 0.15) is 26.2 Å². The zero-order chi connectivity index (χ0) is 17.6. The van der Waals surface area contributed by atoms with Crippen LogP contribution in [-0.4, -0.2) is 55.7 Å². The lowest BCUT2D eigenvalue weighted by atomic mass is 10.2. The molecule has 0 aliphatic carbocycles. The second kappa shape index (κ2) is 8.20. The molecule has 0 aromatic heterocycles. The number of ether oxygens (including phenoxy) is 3. The Morgan fingerprint density at radius 1 is 1.20 bits per heavy atom. The predicted molar refractivity (Wildman–Crippen MR) is 91.9 cm³/mol. The van der Waals surface area contributed by atoms with E-state index in [1.807, 2.05) is 0 Å². The van der Waals surface area contributed by atoms with Crippen LogP contribution in [0.25, 0.3) is 0 Å². The van der Waals surface area contributed by atoms with Crippen molar-refractivity contribution >= 4 is 17.5 Å². The Hall–Kier alpha value is -2.28. The summed E-state index contributed by atoms with van der Waals surface area (Å²) in [5, 5.41) is 2.84. The zero-order valence-corrected chi connectivity index (χ0v) is 14.5. The van der Waals surface area contributed by atoms with Crippen LogP contribution in [0, 0.1) is 0 Å². The SMILES string of the molecule is CC(=O)N(CCC(=O)Nc1ccc2c(c1)OCCO2)CC1CCCO1. The molecule has 0 radical (unpaired) electrons. The number of rotatable bonds is 6. The van der Waals surface area contributed by atoms with Gasteiger partial charge in [0.1, 0.15) is 13.2 Å². The first-order valence-electron chi connectivity index (χ1n) is 8.68. The van der Waals surface area contributed by atoms with Crippen molar-refractivity contribution in [3.63, 3.8) is 0 Å². The maximum absolute atomic E-state index is 12.2. The molecule has 2 aliphatic heterocycles. The molecule has 0 saturated carbocycles. The predicted octanol–water partition coefficient (Wildman–Crippen LogP) is 1.81. The Morgan fingerprint density at radius 2 is 2.00 bits per heavy atom. The summed E-state index contributed by atoms with van der Waals surface area (Å²) in [6, 6.07) is 5.31. The highest BCUT2D eigenvalue weighted by Gasteiger charge is 2.21. The molecule has 2 heterocycles. The third-order valence-corrected chi connectivity index (χ3v) is 4.33. The number of hydrogen-bond acceptors (Lipinski definition) is 5. The molecule has 3 rings (SSSR count). The molecular formula is C18H24N2O5. The first kappa shape index (κ1) is 17.5. The van der Waals surface area contributed by atoms with Crippen molar-refractivity contribution in [1.29, 1.82) is 0 Å². The fourth-order valence-corrected chi connectivity index (χ4v) is 2.99. The summed E-state index contributed by atoms with van der Waals surface area (Å²) in [4.78, 5) is 25.6. The van der Waals surface area contributed by atoms with Crippen LogP contribution in [-0.2, 0) is 14.3 Å². The summed E-state index contributed by atoms with van der Waals surface area (Å²) in [7, 11) is 0. The van der Waals surface area contributed by atoms with Crippen molar-refractivity contribution in [3.05, 3.63) is 18.2 Å². The van der Waals surface area contributed by atoms with Gasteiger partial charge in [-0.1, -0.05) is 0 Å². The average molecular weight is 348 g/mol. The Morgan fingerprint density at radius 3 is 2.72 bits per heavy atom. The quantitative estimate of drug-likeness (QED) is 0.848. The molecule has 2 amide bonds. The minimum absolute atomic E-state index is 0.0392. The van der Waals surface area contributed by atoms with E-state index in [-0.39, 0.29) is 24.3 Å². The molecular weight excluding hydrogens is 324 g/mol. The van der Waals surface area contributed by atoms with Gasteiger partial charge in [0.25, 0.3) is 0 Å². The van der Waals surface area contributed by atoms with Gasteiger partial charge in [-0.3, -0.25) is 9.59 Å². The van der Waals surface area contributed by atoms with Gasteiger partial charge in [-0.2, -0.15) is 0 Å². The molecule has 1 N–H and O–H groups in total. The summed E-state index contributed by atoms with van der Waals surface area (Å²) < 4.78 is 16.5. The van der Waals surface area contributed by atoms with E-state index in [9.17, 15) is 9.59 Å². The number of nitrogens with zero attached hydrogens (tertiary/aromatic N) is 1. The second-order valence-electron chi connectivity index (χ2n) is 6.26. The Bertz CT molecular complexity index is 628. The fraction of sp³-hybridized carbons (Fsp3) is 0.556. The van der Waals surface area contributed by atoms with Crippen LogP contribution in [0.3, 0.4) is 0 Å². The molecule has 1 aromatic rings. The van der Waals surface area contributed by atoms with Crippen LogP contribution < -0.4 is 14.8 Å². The van der Waals surface area contributed by atoms with Crippen molar-refractivity contribution < 1.29 is 23.8 Å². The number of carbonyl (C=O) groups excluding carboxylic acids is 2. The molecule has 1 unspecified atom stereocenters. The third kappa shape index (κ3) is 4.85. The van der Waals surface area contributed by atoms with Crippen LogP contribution in [0.15, 0.2) is 18.2 Å². The topological polar surface area (TPSA) is 77.1 Å². The van der Waals surface area contributed by atoms with Crippen molar-refractivity contribution in [3.8, 4) is 11.5 Å². The van der Waals surface area contributed by atoms with E-state index >= 15 is 0 Å². The van der Waals surface area contributed by atoms with E-state index in [4.69, 9.17) is 14.2 Å². The van der Waals surface area contributed by atoms with E-state index in [1.165, 1.54) is 6.92 Å². The van der Waals surface area contributed by atoms with Crippen LogP contribution in [0.2, 0.25) is 0 Å². The summed E-state index contributed by atoms with van der Waals surface area (Å²) in [6.07, 6.45) is 2.32. The van der Waals surface area contributed by atoms with Crippen molar-refractivity contribution in [2.45, 2.75) is 32.3 Å². The van der Waals surface area contributed by atoms with Gasteiger partial charge in [0.15, 0.2) is 11.5 Å². The molecule has 0 bridgehead atoms. The highest BCUT2D eigenvalue weighted by Crippen LogP contribution is 2.32. The summed E-state index contributed by atoms with van der Waals surface area (Å²) in [5.41, 5.74) is 0.655. The lowest BCUT2D eigenvalue weighted by Crippen LogP contribution is -2.37. The number of carbonyl (C=O) groups is 2. The highest BCUT2D eigenvalue weighted by atomic mass is 16.6. The first-order chi connectivity index (χ1) is 12.1. The minimum atomic E-state index is -0.143. The number of hydrogen-bond donors (Lipinski definition) is 1. The number of benzene rings is 1. The number of anilines is 1. The van der Waals surface area contributed by atoms with E-state index in [2.05, 4.69) is 5.32 Å². The lowest BCUT2D eigenvalue weighted by molar-refractivity contribution is -0.130. The van der Waals surface area contributed by atoms with E-state index in [0.29, 0.717) is 43.5 Å². The zero-order valence-electron chi connectivity index (χ0n) is 14.5. The summed E-state index contributed by atoms with van der Waals surface area (Å²) in [6.45, 7) is 4.23. The Kier molecular flexibility index (Phi) is 5.75. The normalized spacial score (nSPS) is 18.7.